The van der Waals surface area contributed by atoms with E-state index >= 15 is 0 Å². The van der Waals surface area contributed by atoms with Crippen molar-refractivity contribution < 1.29 is 20.4 Å². The molecule has 4 aliphatic heterocycles. The van der Waals surface area contributed by atoms with Crippen LogP contribution in [0.25, 0.3) is 11.1 Å². The third-order valence-corrected chi connectivity index (χ3v) is 10.1. The van der Waals surface area contributed by atoms with Crippen LogP contribution in [0.1, 0.15) is 45.5 Å². The summed E-state index contributed by atoms with van der Waals surface area (Å²) < 4.78 is 0. The van der Waals surface area contributed by atoms with Crippen LogP contribution in [0.15, 0.2) is 167 Å². The van der Waals surface area contributed by atoms with E-state index in [0.29, 0.717) is 0 Å². The fourth-order valence-electron chi connectivity index (χ4n) is 7.66. The van der Waals surface area contributed by atoms with Gasteiger partial charge in [-0.25, -0.2) is 4.99 Å². The first-order valence-corrected chi connectivity index (χ1v) is 17.2. The van der Waals surface area contributed by atoms with Gasteiger partial charge in [0.1, 0.15) is 23.0 Å². The van der Waals surface area contributed by atoms with Gasteiger partial charge in [0.2, 0.25) is 0 Å². The summed E-state index contributed by atoms with van der Waals surface area (Å²) in [6, 6.07) is 32.6. The van der Waals surface area contributed by atoms with Crippen molar-refractivity contribution in [2.45, 2.75) is 23.9 Å². The number of benzene rings is 4. The fourth-order valence-corrected chi connectivity index (χ4v) is 7.66. The lowest BCUT2D eigenvalue weighted by Crippen LogP contribution is -2.33. The number of aromatic amines is 1. The van der Waals surface area contributed by atoms with Crippen LogP contribution in [0.5, 0.6) is 23.0 Å². The number of nitrogens with zero attached hydrogens (tertiary/aromatic N) is 2. The number of phenols is 4. The van der Waals surface area contributed by atoms with E-state index in [1.807, 2.05) is 60.7 Å². The maximum absolute atomic E-state index is 10.2. The molecule has 4 atom stereocenters. The van der Waals surface area contributed by atoms with Crippen molar-refractivity contribution in [1.82, 2.24) is 10.3 Å². The highest BCUT2D eigenvalue weighted by molar-refractivity contribution is 6.32. The maximum atomic E-state index is 10.2. The summed E-state index contributed by atoms with van der Waals surface area (Å²) in [5, 5.41) is 44.5. The third kappa shape index (κ3) is 5.60. The van der Waals surface area contributed by atoms with Gasteiger partial charge in [0.25, 0.3) is 0 Å². The molecule has 5 heterocycles. The molecule has 0 aliphatic carbocycles. The van der Waals surface area contributed by atoms with E-state index in [1.54, 1.807) is 48.5 Å². The molecule has 0 amide bonds. The molecule has 52 heavy (non-hydrogen) atoms. The predicted molar refractivity (Wildman–Crippen MR) is 204 cm³/mol. The van der Waals surface area contributed by atoms with Crippen LogP contribution >= 0.6 is 0 Å². The third-order valence-electron chi connectivity index (χ3n) is 10.1. The Bertz CT molecular complexity index is 2410. The average molecular weight is 683 g/mol. The minimum absolute atomic E-state index is 0.175. The number of allylic oxidation sites excluding steroid dienone is 5. The Morgan fingerprint density at radius 1 is 0.519 bits per heavy atom. The standard InChI is InChI=1S/C44H34N4O4/c49-29-9-1-25(2-10-29)41-33-17-19-35(45-33)42(26-3-11-30(50)12-4-26)37-21-23-39(47-37)44(28-7-15-32(52)16-8-28)40-24-22-38(48-40)43(36-20-18-34(41)46-36)27-5-13-31(51)14-6-27/h1-24,33,36,41,43,45,48-52H/b42-35-,44-39-. The van der Waals surface area contributed by atoms with Crippen LogP contribution in [0.2, 0.25) is 0 Å². The molecule has 5 aromatic rings. The number of rotatable bonds is 4. The lowest BCUT2D eigenvalue weighted by atomic mass is 9.87. The van der Waals surface area contributed by atoms with E-state index in [0.717, 1.165) is 67.6 Å². The Labute approximate surface area is 300 Å². The molecule has 0 radical (unpaired) electrons. The van der Waals surface area contributed by atoms with Gasteiger partial charge in [0.15, 0.2) is 0 Å². The molecule has 8 heteroatoms. The van der Waals surface area contributed by atoms with E-state index in [2.05, 4.69) is 46.7 Å². The summed E-state index contributed by atoms with van der Waals surface area (Å²) in [5.74, 6) is 0.342. The molecular weight excluding hydrogens is 649 g/mol. The summed E-state index contributed by atoms with van der Waals surface area (Å²) in [4.78, 5) is 14.4. The number of aromatic nitrogens is 1. The summed E-state index contributed by atoms with van der Waals surface area (Å²) in [6.45, 7) is 0. The van der Waals surface area contributed by atoms with E-state index in [1.165, 1.54) is 0 Å². The van der Waals surface area contributed by atoms with Crippen molar-refractivity contribution in [3.05, 3.63) is 191 Å². The lowest BCUT2D eigenvalue weighted by Gasteiger charge is -2.26. The molecule has 0 saturated heterocycles. The molecule has 0 fully saturated rings. The Hall–Kier alpha value is -6.80. The number of nitrogens with one attached hydrogen (secondary N) is 2. The predicted octanol–water partition coefficient (Wildman–Crippen LogP) is 7.86. The van der Waals surface area contributed by atoms with Crippen molar-refractivity contribution in [3.63, 3.8) is 0 Å². The molecule has 8 bridgehead atoms. The number of fused-ring (bicyclic) bond motifs is 6. The minimum atomic E-state index is -0.257. The highest BCUT2D eigenvalue weighted by atomic mass is 16.3. The largest absolute Gasteiger partial charge is 0.508 e. The number of phenolic OH excluding ortho intramolecular Hbond substituents is 4. The first-order chi connectivity index (χ1) is 25.4. The Morgan fingerprint density at radius 2 is 1.10 bits per heavy atom. The summed E-state index contributed by atoms with van der Waals surface area (Å²) >= 11 is 0. The van der Waals surface area contributed by atoms with Crippen molar-refractivity contribution >= 4 is 22.6 Å². The van der Waals surface area contributed by atoms with Crippen LogP contribution in [0.3, 0.4) is 0 Å². The number of aromatic hydroxyl groups is 4. The normalized spacial score (nSPS) is 24.5. The fraction of sp³-hybridized carbons (Fsp3) is 0.0909. The lowest BCUT2D eigenvalue weighted by molar-refractivity contribution is 0.474. The van der Waals surface area contributed by atoms with Crippen molar-refractivity contribution in [1.29, 1.82) is 0 Å². The zero-order chi connectivity index (χ0) is 35.3. The van der Waals surface area contributed by atoms with Gasteiger partial charge < -0.3 is 30.7 Å². The molecule has 6 N–H and O–H groups in total. The molecule has 0 saturated carbocycles. The van der Waals surface area contributed by atoms with Gasteiger partial charge in [-0.15, -0.1) is 0 Å². The highest BCUT2D eigenvalue weighted by Crippen LogP contribution is 2.40. The van der Waals surface area contributed by atoms with Gasteiger partial charge >= 0.3 is 0 Å². The van der Waals surface area contributed by atoms with E-state index in [-0.39, 0.29) is 46.9 Å². The van der Waals surface area contributed by atoms with E-state index in [4.69, 9.17) is 9.98 Å². The molecule has 4 aromatic carbocycles. The topological polar surface area (TPSA) is 133 Å². The van der Waals surface area contributed by atoms with Crippen LogP contribution in [-0.2, 0) is 0 Å². The van der Waals surface area contributed by atoms with Crippen LogP contribution < -0.4 is 5.32 Å². The van der Waals surface area contributed by atoms with Gasteiger partial charge in [-0.1, -0.05) is 60.7 Å². The zero-order valence-corrected chi connectivity index (χ0v) is 27.8. The molecule has 0 spiro atoms. The molecule has 4 unspecified atom stereocenters. The second kappa shape index (κ2) is 12.5. The number of H-pyrrole nitrogens is 1. The second-order valence-corrected chi connectivity index (χ2v) is 13.4. The molecule has 4 aliphatic rings. The van der Waals surface area contributed by atoms with Gasteiger partial charge in [-0.2, -0.15) is 0 Å². The number of aliphatic imine (C=N–C) groups is 2. The Morgan fingerprint density at radius 3 is 1.73 bits per heavy atom. The Balaban J connectivity index is 1.29. The smallest absolute Gasteiger partial charge is 0.115 e. The zero-order valence-electron chi connectivity index (χ0n) is 27.8. The van der Waals surface area contributed by atoms with Gasteiger partial charge in [0, 0.05) is 39.9 Å². The van der Waals surface area contributed by atoms with Gasteiger partial charge in [-0.05, 0) is 107 Å². The van der Waals surface area contributed by atoms with Gasteiger partial charge in [0.05, 0.1) is 29.4 Å². The molecule has 254 valence electrons. The maximum Gasteiger partial charge on any atom is 0.115 e. The van der Waals surface area contributed by atoms with Crippen LogP contribution in [0, 0.1) is 0 Å². The van der Waals surface area contributed by atoms with Crippen molar-refractivity contribution in [2.75, 3.05) is 0 Å². The van der Waals surface area contributed by atoms with Crippen LogP contribution in [-0.4, -0.2) is 48.9 Å². The molecule has 1 aromatic heterocycles. The van der Waals surface area contributed by atoms with Crippen LogP contribution in [0.4, 0.5) is 0 Å². The quantitative estimate of drug-likeness (QED) is 0.115. The first-order valence-electron chi connectivity index (χ1n) is 17.2. The monoisotopic (exact) mass is 682 g/mol. The van der Waals surface area contributed by atoms with Gasteiger partial charge in [-0.3, -0.25) is 4.99 Å². The van der Waals surface area contributed by atoms with E-state index < -0.39 is 0 Å². The first kappa shape index (κ1) is 31.2. The molecule has 9 rings (SSSR count). The summed E-state index contributed by atoms with van der Waals surface area (Å²) in [6.07, 6.45) is 12.5. The highest BCUT2D eigenvalue weighted by Gasteiger charge is 2.35. The molecular formula is C44H34N4O4. The SMILES string of the molecule is Oc1ccc(/C2=C3\C=CC(N3)C(c3ccc(O)cc3)C3=NC(C=C3)C(c3ccc(O)cc3)c3ccc([nH]3)/C(c3ccc(O)cc3)=C3/C=CC2=N3)cc1. The average Bonchev–Trinajstić information content (AvgIpc) is 3.99. The number of hydrogen-bond acceptors (Lipinski definition) is 7. The molecule has 8 nitrogen and oxygen atoms in total. The summed E-state index contributed by atoms with van der Waals surface area (Å²) in [7, 11) is 0. The minimum Gasteiger partial charge on any atom is -0.508 e. The van der Waals surface area contributed by atoms with Crippen molar-refractivity contribution in [2.24, 2.45) is 9.98 Å². The van der Waals surface area contributed by atoms with E-state index in [9.17, 15) is 20.4 Å². The summed E-state index contributed by atoms with van der Waals surface area (Å²) in [5.41, 5.74) is 10.6. The van der Waals surface area contributed by atoms with Crippen molar-refractivity contribution in [3.8, 4) is 23.0 Å². The number of hydrogen-bond donors (Lipinski definition) is 6. The Kier molecular flexibility index (Phi) is 7.51. The second-order valence-electron chi connectivity index (χ2n) is 13.4.